The number of ketones is 1. The van der Waals surface area contributed by atoms with E-state index in [-0.39, 0.29) is 22.3 Å². The molecule has 0 bridgehead atoms. The van der Waals surface area contributed by atoms with Crippen LogP contribution >= 0.6 is 7.80 Å². The zero-order valence-electron chi connectivity index (χ0n) is 23.4. The minimum atomic E-state index is -5.31. The van der Waals surface area contributed by atoms with E-state index in [1.54, 1.807) is 64.1 Å². The molecule has 0 aliphatic carbocycles. The first-order valence-electron chi connectivity index (χ1n) is 13.1. The van der Waals surface area contributed by atoms with Gasteiger partial charge in [0.05, 0.1) is 11.1 Å². The summed E-state index contributed by atoms with van der Waals surface area (Å²) < 4.78 is 97.5. The second-order valence-electron chi connectivity index (χ2n) is 10.8. The highest BCUT2D eigenvalue weighted by Crippen LogP contribution is 2.45. The van der Waals surface area contributed by atoms with Crippen LogP contribution in [0.4, 0.5) is 26.3 Å². The van der Waals surface area contributed by atoms with Crippen LogP contribution < -0.4 is 5.30 Å². The Morgan fingerprint density at radius 3 is 1.56 bits per heavy atom. The number of rotatable bonds is 8. The molecule has 1 unspecified atom stereocenters. The summed E-state index contributed by atoms with van der Waals surface area (Å²) >= 11 is 0. The van der Waals surface area contributed by atoms with Crippen LogP contribution in [0, 0.1) is 0 Å². The Morgan fingerprint density at radius 1 is 0.659 bits per heavy atom. The van der Waals surface area contributed by atoms with E-state index in [1.807, 2.05) is 13.8 Å². The molecule has 0 fully saturated rings. The summed E-state index contributed by atoms with van der Waals surface area (Å²) in [6, 6.07) is 11.1. The fraction of sp³-hybridized carbons (Fsp3) is 0.355. The van der Waals surface area contributed by atoms with Crippen LogP contribution in [-0.4, -0.2) is 11.3 Å². The first kappa shape index (κ1) is 32.3. The number of alkyl halides is 6. The minimum absolute atomic E-state index is 0.154. The molecule has 3 rings (SSSR count). The normalized spacial score (nSPS) is 13.2. The van der Waals surface area contributed by atoms with E-state index in [0.29, 0.717) is 34.9 Å². The third kappa shape index (κ3) is 6.50. The molecule has 0 N–H and O–H groups in total. The van der Waals surface area contributed by atoms with Crippen LogP contribution in [-0.2, 0) is 16.9 Å². The van der Waals surface area contributed by atoms with E-state index in [0.717, 1.165) is 0 Å². The smallest absolute Gasteiger partial charge is 0.313 e. The predicted octanol–water partition coefficient (Wildman–Crippen LogP) is 9.35. The van der Waals surface area contributed by atoms with Gasteiger partial charge in [0.25, 0.3) is 0 Å². The molecule has 3 nitrogen and oxygen atoms in total. The molecule has 10 heteroatoms. The molecule has 0 heterocycles. The third-order valence-electron chi connectivity index (χ3n) is 6.85. The van der Waals surface area contributed by atoms with Crippen molar-refractivity contribution in [3.8, 4) is 0 Å². The first-order chi connectivity index (χ1) is 18.9. The molecule has 41 heavy (non-hydrogen) atoms. The van der Waals surface area contributed by atoms with Crippen molar-refractivity contribution in [1.29, 1.82) is 0 Å². The number of benzene rings is 3. The molecular formula is C31H31F6O3P. The summed E-state index contributed by atoms with van der Waals surface area (Å²) in [5.41, 5.74) is -5.47. The standard InChI is InChI=1S/C31H31F6O3P/c1-16(2)20-15-21(17(3)4)28(24(18(5)6)25(20)27(38)19-11-8-7-9-12-19)41(40)29(39)26-22(30(32,33)34)13-10-14-23(26)31(35,36)37/h7-18,41H,1-6H3. The molecule has 0 saturated carbocycles. The van der Waals surface area contributed by atoms with Gasteiger partial charge in [-0.1, -0.05) is 84.0 Å². The fourth-order valence-corrected chi connectivity index (χ4v) is 6.98. The van der Waals surface area contributed by atoms with E-state index in [1.165, 1.54) is 0 Å². The topological polar surface area (TPSA) is 51.2 Å². The van der Waals surface area contributed by atoms with Crippen molar-refractivity contribution in [3.05, 3.63) is 99.1 Å². The van der Waals surface area contributed by atoms with Gasteiger partial charge in [-0.05, 0) is 46.6 Å². The monoisotopic (exact) mass is 596 g/mol. The number of hydrogen-bond acceptors (Lipinski definition) is 3. The quantitative estimate of drug-likeness (QED) is 0.148. The number of hydrogen-bond donors (Lipinski definition) is 0. The Hall–Kier alpha value is -3.19. The van der Waals surface area contributed by atoms with Gasteiger partial charge in [-0.15, -0.1) is 0 Å². The highest BCUT2D eigenvalue weighted by molar-refractivity contribution is 7.71. The Kier molecular flexibility index (Phi) is 9.43. The fourth-order valence-electron chi connectivity index (χ4n) is 4.97. The van der Waals surface area contributed by atoms with Gasteiger partial charge >= 0.3 is 12.4 Å². The SMILES string of the molecule is CC(C)c1cc(C(C)C)c([PH](=O)C(=O)c2c(C(F)(F)F)cccc2C(F)(F)F)c(C(C)C)c1C(=O)c1ccccc1. The number of carbonyl (C=O) groups excluding carboxylic acids is 2. The Labute approximate surface area is 235 Å². The molecule has 0 aliphatic heterocycles. The van der Waals surface area contributed by atoms with E-state index in [4.69, 9.17) is 0 Å². The van der Waals surface area contributed by atoms with Gasteiger partial charge in [-0.2, -0.15) is 26.3 Å². The summed E-state index contributed by atoms with van der Waals surface area (Å²) in [5, 5.41) is -0.154. The van der Waals surface area contributed by atoms with Crippen LogP contribution in [0.2, 0.25) is 0 Å². The summed E-state index contributed by atoms with van der Waals surface area (Å²) in [6.45, 7) is 10.5. The number of halogens is 6. The minimum Gasteiger partial charge on any atom is -0.313 e. The molecular weight excluding hydrogens is 565 g/mol. The van der Waals surface area contributed by atoms with Crippen LogP contribution in [0.15, 0.2) is 54.6 Å². The Bertz CT molecular complexity index is 1450. The number of carbonyl (C=O) groups is 2. The van der Waals surface area contributed by atoms with Crippen molar-refractivity contribution in [2.24, 2.45) is 0 Å². The zero-order chi connectivity index (χ0) is 31.0. The maximum absolute atomic E-state index is 14.1. The summed E-state index contributed by atoms with van der Waals surface area (Å²) in [7, 11) is -4.03. The molecule has 0 radical (unpaired) electrons. The van der Waals surface area contributed by atoms with E-state index in [2.05, 4.69) is 0 Å². The maximum atomic E-state index is 14.1. The van der Waals surface area contributed by atoms with Crippen molar-refractivity contribution in [2.45, 2.75) is 71.6 Å². The van der Waals surface area contributed by atoms with Gasteiger partial charge in [-0.3, -0.25) is 9.59 Å². The van der Waals surface area contributed by atoms with Gasteiger partial charge < -0.3 is 4.57 Å². The largest absolute Gasteiger partial charge is 0.417 e. The highest BCUT2D eigenvalue weighted by atomic mass is 31.1. The lowest BCUT2D eigenvalue weighted by molar-refractivity contribution is -0.143. The van der Waals surface area contributed by atoms with E-state index in [9.17, 15) is 40.5 Å². The second-order valence-corrected chi connectivity index (χ2v) is 12.4. The van der Waals surface area contributed by atoms with Crippen molar-refractivity contribution < 1.29 is 40.5 Å². The molecule has 1 atom stereocenters. The Morgan fingerprint density at radius 2 is 1.15 bits per heavy atom. The molecule has 3 aromatic carbocycles. The second kappa shape index (κ2) is 12.0. The van der Waals surface area contributed by atoms with Gasteiger partial charge in [-0.25, -0.2) is 0 Å². The highest BCUT2D eigenvalue weighted by Gasteiger charge is 2.44. The molecule has 0 aliphatic rings. The van der Waals surface area contributed by atoms with Crippen LogP contribution in [0.5, 0.6) is 0 Å². The molecule has 0 aromatic heterocycles. The van der Waals surface area contributed by atoms with Crippen molar-refractivity contribution >= 4 is 24.4 Å². The van der Waals surface area contributed by atoms with E-state index >= 15 is 0 Å². The predicted molar refractivity (Wildman–Crippen MR) is 148 cm³/mol. The molecule has 0 amide bonds. The summed E-state index contributed by atoms with van der Waals surface area (Å²) in [5.74, 6) is -1.63. The third-order valence-corrected chi connectivity index (χ3v) is 8.52. The maximum Gasteiger partial charge on any atom is 0.417 e. The van der Waals surface area contributed by atoms with Crippen molar-refractivity contribution in [3.63, 3.8) is 0 Å². The van der Waals surface area contributed by atoms with Gasteiger partial charge in [0.2, 0.25) is 5.52 Å². The molecule has 0 saturated heterocycles. The van der Waals surface area contributed by atoms with Crippen LogP contribution in [0.25, 0.3) is 0 Å². The van der Waals surface area contributed by atoms with E-state index < -0.39 is 60.0 Å². The average molecular weight is 597 g/mol. The lowest BCUT2D eigenvalue weighted by atomic mass is 9.81. The van der Waals surface area contributed by atoms with Crippen molar-refractivity contribution in [1.82, 2.24) is 0 Å². The Balaban J connectivity index is 2.47. The summed E-state index contributed by atoms with van der Waals surface area (Å²) in [4.78, 5) is 27.5. The lowest BCUT2D eigenvalue weighted by Crippen LogP contribution is -2.26. The van der Waals surface area contributed by atoms with Crippen LogP contribution in [0.1, 0.15) is 113 Å². The average Bonchev–Trinajstić information content (AvgIpc) is 2.89. The van der Waals surface area contributed by atoms with Gasteiger partial charge in [0.15, 0.2) is 13.6 Å². The summed E-state index contributed by atoms with van der Waals surface area (Å²) in [6.07, 6.45) is -10.6. The molecule has 0 spiro atoms. The first-order valence-corrected chi connectivity index (χ1v) is 14.5. The van der Waals surface area contributed by atoms with Gasteiger partial charge in [0.1, 0.15) is 0 Å². The molecule has 220 valence electrons. The lowest BCUT2D eigenvalue weighted by Gasteiger charge is -2.27. The van der Waals surface area contributed by atoms with Crippen molar-refractivity contribution in [2.75, 3.05) is 0 Å². The zero-order valence-corrected chi connectivity index (χ0v) is 24.4. The van der Waals surface area contributed by atoms with Crippen LogP contribution in [0.3, 0.4) is 0 Å². The molecule has 3 aromatic rings. The van der Waals surface area contributed by atoms with Gasteiger partial charge in [0, 0.05) is 22.0 Å².